The summed E-state index contributed by atoms with van der Waals surface area (Å²) in [6, 6.07) is 11.5. The fourth-order valence-corrected chi connectivity index (χ4v) is 2.19. The Morgan fingerprint density at radius 3 is 2.71 bits per heavy atom. The van der Waals surface area contributed by atoms with Gasteiger partial charge < -0.3 is 4.74 Å². The zero-order chi connectivity index (χ0) is 14.8. The third kappa shape index (κ3) is 2.38. The summed E-state index contributed by atoms with van der Waals surface area (Å²) >= 11 is 0. The Morgan fingerprint density at radius 1 is 1.24 bits per heavy atom. The first-order valence-electron chi connectivity index (χ1n) is 6.61. The van der Waals surface area contributed by atoms with Gasteiger partial charge in [0.05, 0.1) is 12.1 Å². The van der Waals surface area contributed by atoms with E-state index in [1.807, 2.05) is 18.3 Å². The summed E-state index contributed by atoms with van der Waals surface area (Å²) in [7, 11) is 0. The molecule has 2 aromatic heterocycles. The lowest BCUT2D eigenvalue weighted by Crippen LogP contribution is -2.05. The van der Waals surface area contributed by atoms with E-state index >= 15 is 0 Å². The van der Waals surface area contributed by atoms with E-state index in [9.17, 15) is 9.18 Å². The number of hydrogen-bond acceptors (Lipinski definition) is 3. The van der Waals surface area contributed by atoms with Gasteiger partial charge in [-0.1, -0.05) is 6.07 Å². The average molecular weight is 284 g/mol. The lowest BCUT2D eigenvalue weighted by atomic mass is 10.2. The van der Waals surface area contributed by atoms with E-state index in [1.54, 1.807) is 29.5 Å². The second-order valence-electron chi connectivity index (χ2n) is 4.47. The molecular formula is C16H13FN2O2. The maximum Gasteiger partial charge on any atom is 0.359 e. The fraction of sp³-hybridized carbons (Fsp3) is 0.125. The van der Waals surface area contributed by atoms with Crippen LogP contribution in [0, 0.1) is 5.82 Å². The highest BCUT2D eigenvalue weighted by Gasteiger charge is 2.18. The van der Waals surface area contributed by atoms with Crippen molar-refractivity contribution < 1.29 is 13.9 Å². The van der Waals surface area contributed by atoms with Gasteiger partial charge in [-0.15, -0.1) is 0 Å². The van der Waals surface area contributed by atoms with Gasteiger partial charge in [0.1, 0.15) is 11.6 Å². The van der Waals surface area contributed by atoms with Crippen LogP contribution in [0.3, 0.4) is 0 Å². The number of nitrogens with zero attached hydrogens (tertiary/aromatic N) is 2. The number of esters is 1. The molecule has 2 heterocycles. The highest BCUT2D eigenvalue weighted by molar-refractivity contribution is 5.96. The molecule has 0 aliphatic heterocycles. The quantitative estimate of drug-likeness (QED) is 0.693. The maximum absolute atomic E-state index is 13.0. The molecule has 0 unspecified atom stereocenters. The van der Waals surface area contributed by atoms with Crippen LogP contribution in [0.5, 0.6) is 0 Å². The molecule has 21 heavy (non-hydrogen) atoms. The molecule has 0 aliphatic rings. The third-order valence-electron chi connectivity index (χ3n) is 3.12. The standard InChI is InChI=1S/C16H13FN2O2/c1-2-21-16(20)14-13-5-3-4-10-19(13)15(18-14)11-6-8-12(17)9-7-11/h3-10H,2H2,1H3. The van der Waals surface area contributed by atoms with Gasteiger partial charge in [-0.25, -0.2) is 14.2 Å². The molecule has 0 N–H and O–H groups in total. The fourth-order valence-electron chi connectivity index (χ4n) is 2.19. The molecule has 0 bridgehead atoms. The number of ether oxygens (including phenoxy) is 1. The third-order valence-corrected chi connectivity index (χ3v) is 3.12. The average Bonchev–Trinajstić information content (AvgIpc) is 2.88. The van der Waals surface area contributed by atoms with Gasteiger partial charge in [-0.2, -0.15) is 0 Å². The van der Waals surface area contributed by atoms with Crippen molar-refractivity contribution >= 4 is 11.5 Å². The van der Waals surface area contributed by atoms with Crippen LogP contribution in [0.25, 0.3) is 16.9 Å². The minimum Gasteiger partial charge on any atom is -0.461 e. The summed E-state index contributed by atoms with van der Waals surface area (Å²) in [6.07, 6.45) is 1.81. The van der Waals surface area contributed by atoms with E-state index in [4.69, 9.17) is 4.74 Å². The molecule has 0 saturated carbocycles. The van der Waals surface area contributed by atoms with Gasteiger partial charge in [0.2, 0.25) is 0 Å². The molecule has 0 spiro atoms. The van der Waals surface area contributed by atoms with E-state index in [0.29, 0.717) is 11.3 Å². The first kappa shape index (κ1) is 13.3. The first-order valence-corrected chi connectivity index (χ1v) is 6.61. The zero-order valence-corrected chi connectivity index (χ0v) is 11.4. The smallest absolute Gasteiger partial charge is 0.359 e. The molecule has 0 atom stereocenters. The predicted molar refractivity (Wildman–Crippen MR) is 76.5 cm³/mol. The molecular weight excluding hydrogens is 271 g/mol. The molecule has 3 aromatic rings. The van der Waals surface area contributed by atoms with Crippen LogP contribution in [0.1, 0.15) is 17.4 Å². The van der Waals surface area contributed by atoms with Crippen LogP contribution in [0.15, 0.2) is 48.7 Å². The number of fused-ring (bicyclic) bond motifs is 1. The number of carbonyl (C=O) groups excluding carboxylic acids is 1. The van der Waals surface area contributed by atoms with Crippen LogP contribution in [-0.4, -0.2) is 22.0 Å². The van der Waals surface area contributed by atoms with Crippen molar-refractivity contribution in [1.82, 2.24) is 9.38 Å². The molecule has 0 radical (unpaired) electrons. The highest BCUT2D eigenvalue weighted by atomic mass is 19.1. The Kier molecular flexibility index (Phi) is 3.39. The van der Waals surface area contributed by atoms with E-state index < -0.39 is 5.97 Å². The normalized spacial score (nSPS) is 10.8. The molecule has 106 valence electrons. The number of aromatic nitrogens is 2. The van der Waals surface area contributed by atoms with E-state index in [0.717, 1.165) is 5.56 Å². The first-order chi connectivity index (χ1) is 10.2. The summed E-state index contributed by atoms with van der Waals surface area (Å²) in [5.41, 5.74) is 1.65. The number of imidazole rings is 1. The van der Waals surface area contributed by atoms with E-state index in [1.165, 1.54) is 12.1 Å². The molecule has 5 heteroatoms. The lowest BCUT2D eigenvalue weighted by molar-refractivity contribution is 0.0522. The maximum atomic E-state index is 13.0. The summed E-state index contributed by atoms with van der Waals surface area (Å²) in [5.74, 6) is -0.201. The number of rotatable bonds is 3. The van der Waals surface area contributed by atoms with Crippen molar-refractivity contribution in [3.05, 3.63) is 60.2 Å². The second kappa shape index (κ2) is 5.36. The molecule has 0 aliphatic carbocycles. The minimum absolute atomic E-state index is 0.261. The van der Waals surface area contributed by atoms with Crippen molar-refractivity contribution in [3.63, 3.8) is 0 Å². The Morgan fingerprint density at radius 2 is 2.00 bits per heavy atom. The summed E-state index contributed by atoms with van der Waals surface area (Å²) in [4.78, 5) is 16.4. The van der Waals surface area contributed by atoms with Crippen LogP contribution < -0.4 is 0 Å². The van der Waals surface area contributed by atoms with Crippen molar-refractivity contribution in [1.29, 1.82) is 0 Å². The molecule has 0 saturated heterocycles. The Labute approximate surface area is 120 Å². The van der Waals surface area contributed by atoms with Gasteiger partial charge in [0, 0.05) is 11.8 Å². The SMILES string of the molecule is CCOC(=O)c1nc(-c2ccc(F)cc2)n2ccccc12. The van der Waals surface area contributed by atoms with E-state index in [-0.39, 0.29) is 18.1 Å². The van der Waals surface area contributed by atoms with Crippen molar-refractivity contribution in [2.45, 2.75) is 6.92 Å². The Bertz CT molecular complexity index is 794. The summed E-state index contributed by atoms with van der Waals surface area (Å²) < 4.78 is 19.9. The van der Waals surface area contributed by atoms with Crippen LogP contribution in [-0.2, 0) is 4.74 Å². The monoisotopic (exact) mass is 284 g/mol. The van der Waals surface area contributed by atoms with Gasteiger partial charge >= 0.3 is 5.97 Å². The zero-order valence-electron chi connectivity index (χ0n) is 11.4. The summed E-state index contributed by atoms with van der Waals surface area (Å²) in [6.45, 7) is 2.04. The molecule has 3 rings (SSSR count). The molecule has 0 amide bonds. The van der Waals surface area contributed by atoms with Gasteiger partial charge in [-0.05, 0) is 43.3 Å². The second-order valence-corrected chi connectivity index (χ2v) is 4.47. The van der Waals surface area contributed by atoms with E-state index in [2.05, 4.69) is 4.98 Å². The molecule has 0 fully saturated rings. The van der Waals surface area contributed by atoms with Crippen molar-refractivity contribution in [3.8, 4) is 11.4 Å². The number of carbonyl (C=O) groups is 1. The lowest BCUT2D eigenvalue weighted by Gasteiger charge is -2.00. The largest absolute Gasteiger partial charge is 0.461 e. The van der Waals surface area contributed by atoms with Gasteiger partial charge in [0.25, 0.3) is 0 Å². The molecule has 1 aromatic carbocycles. The number of benzene rings is 1. The highest BCUT2D eigenvalue weighted by Crippen LogP contribution is 2.23. The van der Waals surface area contributed by atoms with Crippen molar-refractivity contribution in [2.75, 3.05) is 6.61 Å². The van der Waals surface area contributed by atoms with Crippen molar-refractivity contribution in [2.24, 2.45) is 0 Å². The van der Waals surface area contributed by atoms with Crippen LogP contribution in [0.2, 0.25) is 0 Å². The minimum atomic E-state index is -0.463. The van der Waals surface area contributed by atoms with Gasteiger partial charge in [-0.3, -0.25) is 4.40 Å². The topological polar surface area (TPSA) is 43.6 Å². The number of pyridine rings is 1. The number of hydrogen-bond donors (Lipinski definition) is 0. The Balaban J connectivity index is 2.19. The predicted octanol–water partition coefficient (Wildman–Crippen LogP) is 3.32. The summed E-state index contributed by atoms with van der Waals surface area (Å²) in [5, 5.41) is 0. The molecule has 4 nitrogen and oxygen atoms in total. The van der Waals surface area contributed by atoms with Crippen LogP contribution in [0.4, 0.5) is 4.39 Å². The Hall–Kier alpha value is -2.69. The van der Waals surface area contributed by atoms with Crippen LogP contribution >= 0.6 is 0 Å². The number of halogens is 1. The van der Waals surface area contributed by atoms with Gasteiger partial charge in [0.15, 0.2) is 5.69 Å².